The third-order valence-electron chi connectivity index (χ3n) is 0. The van der Waals surface area contributed by atoms with Crippen LogP contribution in [0.2, 0.25) is 0 Å². The first-order valence-electron chi connectivity index (χ1n) is 0. The van der Waals surface area contributed by atoms with Crippen LogP contribution in [0.3, 0.4) is 0 Å². The van der Waals surface area contributed by atoms with Gasteiger partial charge in [-0.1, -0.05) is 0 Å². The smallest absolute Gasteiger partial charge is 2.00 e. The first-order chi connectivity index (χ1) is 0. The molecule has 0 spiro atoms. The minimum Gasteiger partial charge on any atom is -2.00 e. The van der Waals surface area contributed by atoms with E-state index in [-0.39, 0.29) is 96.1 Å². The Balaban J connectivity index is 0. The van der Waals surface area contributed by atoms with E-state index < -0.39 is 0 Å². The fourth-order valence-corrected chi connectivity index (χ4v) is 0. The Morgan fingerprint density at radius 2 is 0.600 bits per heavy atom. The molecule has 0 aromatic rings. The van der Waals surface area contributed by atoms with E-state index in [0.717, 1.165) is 0 Å². The molecule has 0 fully saturated rings. The van der Waals surface area contributed by atoms with E-state index in [1.165, 1.54) is 0 Å². The minimum atomic E-state index is 0. The minimum absolute atomic E-state index is 0. The Hall–Kier alpha value is 3.02. The third-order valence-corrected chi connectivity index (χ3v) is 0. The van der Waals surface area contributed by atoms with Crippen molar-refractivity contribution in [1.29, 1.82) is 0 Å². The molecule has 5 heavy (non-hydrogen) atoms. The molecule has 0 aliphatic rings. The van der Waals surface area contributed by atoms with Gasteiger partial charge in [0.25, 0.3) is 0 Å². The largest absolute Gasteiger partial charge is 4.00 e. The molecule has 0 heterocycles. The summed E-state index contributed by atoms with van der Waals surface area (Å²) in [6.45, 7) is 0. The molecule has 0 amide bonds. The second kappa shape index (κ2) is 27.9. The van der Waals surface area contributed by atoms with Crippen LogP contribution in [0.25, 0.3) is 0 Å². The van der Waals surface area contributed by atoms with Crippen molar-refractivity contribution >= 4 is 68.8 Å². The van der Waals surface area contributed by atoms with Crippen molar-refractivity contribution in [2.24, 2.45) is 0 Å². The Morgan fingerprint density at radius 1 is 0.600 bits per heavy atom. The molecule has 0 saturated heterocycles. The Labute approximate surface area is 94.5 Å². The Kier molecular flexibility index (Phi) is 241. The van der Waals surface area contributed by atoms with Crippen molar-refractivity contribution in [2.45, 2.75) is 0 Å². The van der Waals surface area contributed by atoms with Gasteiger partial charge in [-0.05, 0) is 0 Å². The molecule has 0 bridgehead atoms. The van der Waals surface area contributed by atoms with Gasteiger partial charge in [-0.3, -0.25) is 0 Å². The first-order valence-corrected chi connectivity index (χ1v) is 0. The van der Waals surface area contributed by atoms with E-state index in [0.29, 0.717) is 0 Å². The molecule has 24 valence electrons. The number of hydrogen-bond acceptors (Lipinski definition) is 0. The summed E-state index contributed by atoms with van der Waals surface area (Å²) in [6.07, 6.45) is 0. The van der Waals surface area contributed by atoms with Crippen LogP contribution < -0.4 is 0 Å². The monoisotopic (exact) mass is 428 g/mol. The van der Waals surface area contributed by atoms with E-state index in [1.54, 1.807) is 0 Å². The van der Waals surface area contributed by atoms with Crippen molar-refractivity contribution in [3.8, 4) is 0 Å². The molecule has 0 nitrogen and oxygen atoms in total. The van der Waals surface area contributed by atoms with Crippen LogP contribution in [-0.2, 0) is 27.3 Å². The van der Waals surface area contributed by atoms with Crippen molar-refractivity contribution < 1.29 is 27.3 Å². The van der Waals surface area contributed by atoms with Crippen LogP contribution in [0.15, 0.2) is 0 Å². The molecular formula is CdGeSe3. The second-order valence-corrected chi connectivity index (χ2v) is 0. The van der Waals surface area contributed by atoms with Crippen LogP contribution in [0, 0.1) is 0 Å². The van der Waals surface area contributed by atoms with Crippen LogP contribution in [0.1, 0.15) is 0 Å². The topological polar surface area (TPSA) is 0 Å². The quantitative estimate of drug-likeness (QED) is 0.417. The molecule has 0 atom stereocenters. The predicted molar refractivity (Wildman–Crippen MR) is 23.0 cm³/mol. The maximum Gasteiger partial charge on any atom is 4.00 e. The van der Waals surface area contributed by atoms with Gasteiger partial charge < -0.3 is 51.2 Å². The number of hydrogen-bond donors (Lipinski definition) is 0. The molecule has 0 radical (unpaired) electrons. The predicted octanol–water partition coefficient (Wildman–Crippen LogP) is -1.53. The molecule has 5 heteroatoms. The molecular weight excluding hydrogens is 422 g/mol. The summed E-state index contributed by atoms with van der Waals surface area (Å²) in [6, 6.07) is 0. The number of rotatable bonds is 0. The summed E-state index contributed by atoms with van der Waals surface area (Å²) in [7, 11) is 0. The standard InChI is InChI=1S/Cd.Ge.3Se/q+2;+4;3*-2. The fraction of sp³-hybridized carbons (Fsp3) is 0. The van der Waals surface area contributed by atoms with Gasteiger partial charge in [0.15, 0.2) is 0 Å². The van der Waals surface area contributed by atoms with Crippen LogP contribution in [0.5, 0.6) is 0 Å². The van der Waals surface area contributed by atoms with Crippen LogP contribution in [0.4, 0.5) is 0 Å². The van der Waals surface area contributed by atoms with Crippen molar-refractivity contribution in [1.82, 2.24) is 0 Å². The molecule has 0 N–H and O–H groups in total. The fourth-order valence-electron chi connectivity index (χ4n) is 0. The summed E-state index contributed by atoms with van der Waals surface area (Å²) in [5.74, 6) is 0. The molecule has 0 rings (SSSR count). The zero-order valence-electron chi connectivity index (χ0n) is 2.43. The van der Waals surface area contributed by atoms with Gasteiger partial charge in [0.1, 0.15) is 0 Å². The van der Waals surface area contributed by atoms with Crippen LogP contribution in [-0.4, -0.2) is 68.8 Å². The van der Waals surface area contributed by atoms with Gasteiger partial charge >= 0.3 is 44.9 Å². The zero-order chi connectivity index (χ0) is 0. The van der Waals surface area contributed by atoms with Crippen molar-refractivity contribution in [3.05, 3.63) is 0 Å². The summed E-state index contributed by atoms with van der Waals surface area (Å²) in [4.78, 5) is 0. The molecule has 0 saturated carbocycles. The molecule has 0 aliphatic heterocycles. The zero-order valence-corrected chi connectivity index (χ0v) is 13.7. The molecule has 0 aromatic carbocycles. The van der Waals surface area contributed by atoms with Gasteiger partial charge in [-0.15, -0.1) is 0 Å². The normalized spacial score (nSPS) is 0. The van der Waals surface area contributed by atoms with Gasteiger partial charge in [-0.2, -0.15) is 0 Å². The maximum atomic E-state index is 0. The van der Waals surface area contributed by atoms with E-state index in [4.69, 9.17) is 0 Å². The SMILES string of the molecule is [Cd+2].[Ge+4].[Se-2].[Se-2].[Se-2]. The van der Waals surface area contributed by atoms with E-state index in [1.807, 2.05) is 0 Å². The first kappa shape index (κ1) is 43.3. The summed E-state index contributed by atoms with van der Waals surface area (Å²) < 4.78 is 0. The van der Waals surface area contributed by atoms with E-state index in [2.05, 4.69) is 0 Å². The van der Waals surface area contributed by atoms with Gasteiger partial charge in [0.05, 0.1) is 0 Å². The summed E-state index contributed by atoms with van der Waals surface area (Å²) in [5, 5.41) is 0. The average Bonchev–Trinajstić information content (AvgIpc) is 0. The van der Waals surface area contributed by atoms with Crippen molar-refractivity contribution in [2.75, 3.05) is 0 Å². The van der Waals surface area contributed by atoms with Gasteiger partial charge in [0, 0.05) is 0 Å². The Morgan fingerprint density at radius 3 is 0.600 bits per heavy atom. The van der Waals surface area contributed by atoms with Gasteiger partial charge in [-0.25, -0.2) is 0 Å². The van der Waals surface area contributed by atoms with E-state index >= 15 is 0 Å². The molecule has 0 aromatic heterocycles. The summed E-state index contributed by atoms with van der Waals surface area (Å²) in [5.41, 5.74) is 0. The van der Waals surface area contributed by atoms with Gasteiger partial charge in [0.2, 0.25) is 0 Å². The van der Waals surface area contributed by atoms with E-state index in [9.17, 15) is 0 Å². The average molecular weight is 422 g/mol. The third kappa shape index (κ3) is 19.4. The molecule has 0 unspecified atom stereocenters. The summed E-state index contributed by atoms with van der Waals surface area (Å²) >= 11 is 0. The van der Waals surface area contributed by atoms with Crippen LogP contribution >= 0.6 is 0 Å². The maximum absolute atomic E-state index is 0. The Bertz CT molecular complexity index is 6.85. The second-order valence-electron chi connectivity index (χ2n) is 0. The molecule has 0 aliphatic carbocycles. The van der Waals surface area contributed by atoms with Crippen molar-refractivity contribution in [3.63, 3.8) is 0 Å².